The van der Waals surface area contributed by atoms with Crippen molar-refractivity contribution in [3.05, 3.63) is 101 Å². The van der Waals surface area contributed by atoms with Gasteiger partial charge in [0.05, 0.1) is 5.52 Å². The fraction of sp³-hybridized carbons (Fsp3) is 0.0400. The van der Waals surface area contributed by atoms with Crippen LogP contribution in [0.25, 0.3) is 27.2 Å². The van der Waals surface area contributed by atoms with Crippen LogP contribution in [0.15, 0.2) is 83.2 Å². The third kappa shape index (κ3) is 4.16. The fourth-order valence-corrected chi connectivity index (χ4v) is 4.92. The molecular weight excluding hydrogens is 457 g/mol. The number of carbonyl (C=O) groups is 1. The first-order valence-electron chi connectivity index (χ1n) is 10.1. The van der Waals surface area contributed by atoms with E-state index < -0.39 is 5.97 Å². The number of aromatic nitrogens is 2. The summed E-state index contributed by atoms with van der Waals surface area (Å²) in [5, 5.41) is 18.0. The summed E-state index contributed by atoms with van der Waals surface area (Å²) in [6.07, 6.45) is 2.63. The molecule has 0 atom stereocenters. The molecule has 0 spiro atoms. The highest BCUT2D eigenvalue weighted by Gasteiger charge is 2.16. The predicted molar refractivity (Wildman–Crippen MR) is 131 cm³/mol. The molecule has 0 saturated heterocycles. The lowest BCUT2D eigenvalue weighted by Crippen LogP contribution is -1.98. The second-order valence-electron chi connectivity index (χ2n) is 7.50. The molecule has 3 N–H and O–H groups in total. The number of nitrogens with two attached hydrogens (primary N) is 1. The standard InChI is InChI=1S/C25H18FN3O2S2/c26-21-4-2-1-3-19(21)16-7-10-23-20(12-16)17(11-15-5-8-18(33-27)9-6-15)13-29(23)25-28-22(14-32-25)24(30)31/h1-10,12-14H,11,27H2,(H,30,31). The third-order valence-corrected chi connectivity index (χ3v) is 6.83. The van der Waals surface area contributed by atoms with Crippen molar-refractivity contribution < 1.29 is 14.3 Å². The van der Waals surface area contributed by atoms with Crippen LogP contribution in [0.2, 0.25) is 0 Å². The van der Waals surface area contributed by atoms with Crippen LogP contribution in [-0.2, 0) is 6.42 Å². The highest BCUT2D eigenvalue weighted by Crippen LogP contribution is 2.33. The van der Waals surface area contributed by atoms with E-state index in [9.17, 15) is 14.3 Å². The minimum absolute atomic E-state index is 0.0104. The number of nitrogens with zero attached hydrogens (tertiary/aromatic N) is 2. The first-order valence-corrected chi connectivity index (χ1v) is 11.8. The molecule has 0 aliphatic carbocycles. The summed E-state index contributed by atoms with van der Waals surface area (Å²) in [5.74, 6) is -1.34. The number of aromatic carboxylic acids is 1. The molecule has 0 aliphatic heterocycles. The first kappa shape index (κ1) is 21.4. The molecule has 5 aromatic rings. The van der Waals surface area contributed by atoms with Crippen molar-refractivity contribution in [3.8, 4) is 16.3 Å². The Kier molecular flexibility index (Phi) is 5.72. The van der Waals surface area contributed by atoms with E-state index in [2.05, 4.69) is 4.98 Å². The Bertz CT molecular complexity index is 1480. The SMILES string of the molecule is NSc1ccc(Cc2cn(-c3nc(C(=O)O)cs3)c3ccc(-c4ccccc4F)cc23)cc1. The highest BCUT2D eigenvalue weighted by molar-refractivity contribution is 7.97. The maximum absolute atomic E-state index is 14.5. The Hall–Kier alpha value is -3.46. The van der Waals surface area contributed by atoms with E-state index >= 15 is 0 Å². The lowest BCUT2D eigenvalue weighted by atomic mass is 9.99. The maximum atomic E-state index is 14.5. The van der Waals surface area contributed by atoms with Crippen molar-refractivity contribution >= 4 is 40.2 Å². The Morgan fingerprint density at radius 2 is 1.91 bits per heavy atom. The zero-order valence-corrected chi connectivity index (χ0v) is 18.9. The van der Waals surface area contributed by atoms with Crippen LogP contribution in [0.1, 0.15) is 21.6 Å². The number of hydrogen-bond donors (Lipinski definition) is 2. The van der Waals surface area contributed by atoms with Gasteiger partial charge >= 0.3 is 5.97 Å². The minimum Gasteiger partial charge on any atom is -0.476 e. The number of benzene rings is 3. The van der Waals surface area contributed by atoms with Gasteiger partial charge in [-0.05, 0) is 65.4 Å². The predicted octanol–water partition coefficient (Wildman–Crippen LogP) is 6.15. The van der Waals surface area contributed by atoms with Gasteiger partial charge in [-0.1, -0.05) is 36.4 Å². The quantitative estimate of drug-likeness (QED) is 0.288. The van der Waals surface area contributed by atoms with Crippen LogP contribution in [0.4, 0.5) is 4.39 Å². The molecule has 0 saturated carbocycles. The number of carboxylic acid groups (broad SMARTS) is 1. The van der Waals surface area contributed by atoms with E-state index in [1.165, 1.54) is 34.7 Å². The summed E-state index contributed by atoms with van der Waals surface area (Å²) in [6.45, 7) is 0. The van der Waals surface area contributed by atoms with E-state index in [0.717, 1.165) is 32.5 Å². The van der Waals surface area contributed by atoms with Crippen molar-refractivity contribution in [2.24, 2.45) is 5.14 Å². The number of thiazole rings is 1. The molecule has 3 aromatic carbocycles. The fourth-order valence-electron chi connectivity index (χ4n) is 3.84. The average molecular weight is 476 g/mol. The topological polar surface area (TPSA) is 81.1 Å². The molecule has 2 aromatic heterocycles. The van der Waals surface area contributed by atoms with Crippen LogP contribution in [-0.4, -0.2) is 20.6 Å². The number of rotatable bonds is 6. The summed E-state index contributed by atoms with van der Waals surface area (Å²) >= 11 is 2.47. The Morgan fingerprint density at radius 1 is 1.12 bits per heavy atom. The maximum Gasteiger partial charge on any atom is 0.355 e. The summed E-state index contributed by atoms with van der Waals surface area (Å²) in [6, 6.07) is 20.5. The second-order valence-corrected chi connectivity index (χ2v) is 9.04. The van der Waals surface area contributed by atoms with Gasteiger partial charge in [0.1, 0.15) is 5.82 Å². The van der Waals surface area contributed by atoms with Crippen molar-refractivity contribution in [3.63, 3.8) is 0 Å². The van der Waals surface area contributed by atoms with Crippen LogP contribution < -0.4 is 5.14 Å². The van der Waals surface area contributed by atoms with E-state index in [4.69, 9.17) is 5.14 Å². The second kappa shape index (κ2) is 8.82. The summed E-state index contributed by atoms with van der Waals surface area (Å²) < 4.78 is 16.4. The lowest BCUT2D eigenvalue weighted by Gasteiger charge is -2.06. The van der Waals surface area contributed by atoms with Gasteiger partial charge in [0, 0.05) is 27.4 Å². The monoisotopic (exact) mass is 475 g/mol. The third-order valence-electron chi connectivity index (χ3n) is 5.44. The molecule has 5 nitrogen and oxygen atoms in total. The number of halogens is 1. The minimum atomic E-state index is -1.06. The van der Waals surface area contributed by atoms with Gasteiger partial charge in [-0.2, -0.15) is 0 Å². The van der Waals surface area contributed by atoms with Crippen LogP contribution >= 0.6 is 23.3 Å². The smallest absolute Gasteiger partial charge is 0.355 e. The van der Waals surface area contributed by atoms with Gasteiger partial charge < -0.3 is 5.11 Å². The van der Waals surface area contributed by atoms with Crippen LogP contribution in [0.5, 0.6) is 0 Å². The van der Waals surface area contributed by atoms with Gasteiger partial charge in [0.15, 0.2) is 10.8 Å². The van der Waals surface area contributed by atoms with Crippen molar-refractivity contribution in [1.29, 1.82) is 0 Å². The molecular formula is C25H18FN3O2S2. The zero-order chi connectivity index (χ0) is 22.9. The van der Waals surface area contributed by atoms with Crippen molar-refractivity contribution in [2.45, 2.75) is 11.3 Å². The Balaban J connectivity index is 1.65. The molecule has 0 amide bonds. The molecule has 0 unspecified atom stereocenters. The van der Waals surface area contributed by atoms with Crippen molar-refractivity contribution in [2.75, 3.05) is 0 Å². The number of fused-ring (bicyclic) bond motifs is 1. The van der Waals surface area contributed by atoms with Gasteiger partial charge in [-0.25, -0.2) is 14.2 Å². The molecule has 5 rings (SSSR count). The molecule has 0 radical (unpaired) electrons. The zero-order valence-electron chi connectivity index (χ0n) is 17.2. The summed E-state index contributed by atoms with van der Waals surface area (Å²) in [5.41, 5.74) is 4.34. The summed E-state index contributed by atoms with van der Waals surface area (Å²) in [4.78, 5) is 16.6. The molecule has 8 heteroatoms. The van der Waals surface area contributed by atoms with Gasteiger partial charge in [0.25, 0.3) is 0 Å². The van der Waals surface area contributed by atoms with Crippen LogP contribution in [0.3, 0.4) is 0 Å². The van der Waals surface area contributed by atoms with Gasteiger partial charge in [-0.3, -0.25) is 9.71 Å². The van der Waals surface area contributed by atoms with E-state index in [1.807, 2.05) is 59.3 Å². The molecule has 0 aliphatic rings. The van der Waals surface area contributed by atoms with Gasteiger partial charge in [-0.15, -0.1) is 11.3 Å². The first-order chi connectivity index (χ1) is 16.0. The van der Waals surface area contributed by atoms with Crippen LogP contribution in [0, 0.1) is 5.82 Å². The molecule has 0 fully saturated rings. The van der Waals surface area contributed by atoms with E-state index in [-0.39, 0.29) is 11.5 Å². The van der Waals surface area contributed by atoms with Gasteiger partial charge in [0.2, 0.25) is 0 Å². The summed E-state index contributed by atoms with van der Waals surface area (Å²) in [7, 11) is 0. The molecule has 33 heavy (non-hydrogen) atoms. The lowest BCUT2D eigenvalue weighted by molar-refractivity contribution is 0.0691. The number of hydrogen-bond acceptors (Lipinski definition) is 5. The largest absolute Gasteiger partial charge is 0.476 e. The van der Waals surface area contributed by atoms with E-state index in [1.54, 1.807) is 12.1 Å². The molecule has 2 heterocycles. The normalized spacial score (nSPS) is 11.2. The number of carboxylic acids is 1. The van der Waals surface area contributed by atoms with Crippen molar-refractivity contribution in [1.82, 2.24) is 9.55 Å². The van der Waals surface area contributed by atoms with E-state index in [0.29, 0.717) is 17.1 Å². The Labute approximate surface area is 197 Å². The average Bonchev–Trinajstić information content (AvgIpc) is 3.45. The Morgan fingerprint density at radius 3 is 2.61 bits per heavy atom. The molecule has 164 valence electrons. The highest BCUT2D eigenvalue weighted by atomic mass is 32.2. The molecule has 0 bridgehead atoms.